The summed E-state index contributed by atoms with van der Waals surface area (Å²) in [5, 5.41) is 2.91. The van der Waals surface area contributed by atoms with Crippen molar-refractivity contribution in [2.24, 2.45) is 5.41 Å². The first kappa shape index (κ1) is 20.6. The Balaban J connectivity index is 1.79. The van der Waals surface area contributed by atoms with Crippen LogP contribution in [0.1, 0.15) is 18.4 Å². The fraction of sp³-hybridized carbons (Fsp3) is 0.579. The van der Waals surface area contributed by atoms with Gasteiger partial charge in [-0.25, -0.2) is 17.5 Å². The fourth-order valence-electron chi connectivity index (χ4n) is 4.32. The minimum Gasteiger partial charge on any atom is -0.348 e. The summed E-state index contributed by atoms with van der Waals surface area (Å²) in [6.07, 6.45) is 0.665. The largest absolute Gasteiger partial charge is 0.348 e. The molecule has 2 aliphatic rings. The minimum absolute atomic E-state index is 0.0843. The lowest BCUT2D eigenvalue weighted by molar-refractivity contribution is -0.147. The highest BCUT2D eigenvalue weighted by atomic mass is 32.2. The van der Waals surface area contributed by atoms with Crippen LogP contribution in [0.4, 0.5) is 4.79 Å². The van der Waals surface area contributed by atoms with Gasteiger partial charge in [-0.15, -0.1) is 0 Å². The lowest BCUT2D eigenvalue weighted by Gasteiger charge is -2.53. The number of amides is 3. The Morgan fingerprint density at radius 3 is 2.57 bits per heavy atom. The summed E-state index contributed by atoms with van der Waals surface area (Å²) < 4.78 is 26.1. The van der Waals surface area contributed by atoms with Crippen molar-refractivity contribution in [1.82, 2.24) is 19.4 Å². The molecular weight excluding hydrogens is 380 g/mol. The van der Waals surface area contributed by atoms with Gasteiger partial charge >= 0.3 is 6.03 Å². The summed E-state index contributed by atoms with van der Waals surface area (Å²) in [5.41, 5.74) is 0.0830. The summed E-state index contributed by atoms with van der Waals surface area (Å²) >= 11 is 0. The van der Waals surface area contributed by atoms with Crippen LogP contribution < -0.4 is 5.32 Å². The number of rotatable bonds is 3. The Kier molecular flexibility index (Phi) is 5.67. The van der Waals surface area contributed by atoms with Gasteiger partial charge in [0.2, 0.25) is 15.9 Å². The van der Waals surface area contributed by atoms with Crippen LogP contribution >= 0.6 is 0 Å². The highest BCUT2D eigenvalue weighted by Gasteiger charge is 2.57. The average molecular weight is 409 g/mol. The van der Waals surface area contributed by atoms with Gasteiger partial charge in [-0.05, 0) is 18.4 Å². The molecule has 3 amide bonds. The highest BCUT2D eigenvalue weighted by molar-refractivity contribution is 7.89. The van der Waals surface area contributed by atoms with E-state index >= 15 is 0 Å². The molecule has 2 aliphatic heterocycles. The van der Waals surface area contributed by atoms with E-state index in [2.05, 4.69) is 5.32 Å². The second-order valence-electron chi connectivity index (χ2n) is 7.81. The third kappa shape index (κ3) is 3.73. The van der Waals surface area contributed by atoms with Crippen LogP contribution in [-0.4, -0.2) is 80.5 Å². The quantitative estimate of drug-likeness (QED) is 0.798. The molecule has 9 heteroatoms. The van der Waals surface area contributed by atoms with E-state index < -0.39 is 21.5 Å². The Labute approximate surface area is 166 Å². The average Bonchev–Trinajstić information content (AvgIpc) is 2.69. The van der Waals surface area contributed by atoms with Crippen LogP contribution in [0, 0.1) is 5.41 Å². The summed E-state index contributed by atoms with van der Waals surface area (Å²) in [4.78, 5) is 29.0. The van der Waals surface area contributed by atoms with Crippen LogP contribution in [0.3, 0.4) is 0 Å². The van der Waals surface area contributed by atoms with Gasteiger partial charge in [0.05, 0.1) is 11.2 Å². The SMILES string of the molecule is CN(C)C(=O)[C@]12CCS(=O)(=O)N(C)[C@@H]1CCN(C(=O)NCc1ccccc1)C2. The summed E-state index contributed by atoms with van der Waals surface area (Å²) in [7, 11) is 1.52. The number of carbonyl (C=O) groups is 2. The number of urea groups is 1. The van der Waals surface area contributed by atoms with E-state index in [9.17, 15) is 18.0 Å². The van der Waals surface area contributed by atoms with E-state index in [4.69, 9.17) is 0 Å². The van der Waals surface area contributed by atoms with Crippen LogP contribution in [0.5, 0.6) is 0 Å². The van der Waals surface area contributed by atoms with Crippen LogP contribution in [0.25, 0.3) is 0 Å². The van der Waals surface area contributed by atoms with Crippen molar-refractivity contribution in [3.05, 3.63) is 35.9 Å². The first-order valence-corrected chi connectivity index (χ1v) is 11.0. The molecule has 2 atom stereocenters. The van der Waals surface area contributed by atoms with Crippen molar-refractivity contribution < 1.29 is 18.0 Å². The molecule has 0 aliphatic carbocycles. The normalized spacial score (nSPS) is 27.0. The standard InChI is InChI=1S/C19H28N4O4S/c1-21(2)17(24)19-10-12-28(26,27)22(3)16(19)9-11-23(14-19)18(25)20-13-15-7-5-4-6-8-15/h4-8,16H,9-14H2,1-3H3,(H,20,25)/t16-,19+/m1/s1. The van der Waals surface area contributed by atoms with E-state index in [-0.39, 0.29) is 30.7 Å². The third-order valence-electron chi connectivity index (χ3n) is 5.87. The van der Waals surface area contributed by atoms with Gasteiger partial charge in [0.15, 0.2) is 0 Å². The lowest BCUT2D eigenvalue weighted by atomic mass is 9.72. The Morgan fingerprint density at radius 2 is 1.93 bits per heavy atom. The number of hydrogen-bond acceptors (Lipinski definition) is 4. The van der Waals surface area contributed by atoms with Gasteiger partial charge in [-0.2, -0.15) is 0 Å². The van der Waals surface area contributed by atoms with Crippen molar-refractivity contribution in [1.29, 1.82) is 0 Å². The Morgan fingerprint density at radius 1 is 1.25 bits per heavy atom. The second kappa shape index (κ2) is 7.71. The van der Waals surface area contributed by atoms with Crippen molar-refractivity contribution in [3.63, 3.8) is 0 Å². The predicted molar refractivity (Wildman–Crippen MR) is 106 cm³/mol. The maximum Gasteiger partial charge on any atom is 0.317 e. The number of fused-ring (bicyclic) bond motifs is 1. The first-order valence-electron chi connectivity index (χ1n) is 9.41. The molecule has 1 N–H and O–H groups in total. The van der Waals surface area contributed by atoms with Gasteiger partial charge < -0.3 is 15.1 Å². The summed E-state index contributed by atoms with van der Waals surface area (Å²) in [6, 6.07) is 8.95. The monoisotopic (exact) mass is 408 g/mol. The molecule has 0 bridgehead atoms. The second-order valence-corrected chi connectivity index (χ2v) is 9.96. The molecule has 0 unspecified atom stereocenters. The third-order valence-corrected chi connectivity index (χ3v) is 7.73. The molecule has 2 heterocycles. The van der Waals surface area contributed by atoms with Crippen LogP contribution in [-0.2, 0) is 21.4 Å². The summed E-state index contributed by atoms with van der Waals surface area (Å²) in [6.45, 7) is 1.03. The van der Waals surface area contributed by atoms with E-state index in [0.717, 1.165) is 5.56 Å². The molecule has 0 spiro atoms. The van der Waals surface area contributed by atoms with E-state index in [1.165, 1.54) is 9.21 Å². The van der Waals surface area contributed by atoms with Gasteiger partial charge in [-0.3, -0.25) is 4.79 Å². The molecular formula is C19H28N4O4S. The summed E-state index contributed by atoms with van der Waals surface area (Å²) in [5.74, 6) is -0.209. The number of benzene rings is 1. The minimum atomic E-state index is -3.37. The van der Waals surface area contributed by atoms with Gasteiger partial charge in [0.25, 0.3) is 0 Å². The van der Waals surface area contributed by atoms with Crippen molar-refractivity contribution >= 4 is 22.0 Å². The zero-order valence-corrected chi connectivity index (χ0v) is 17.4. The lowest BCUT2D eigenvalue weighted by Crippen LogP contribution is -2.68. The van der Waals surface area contributed by atoms with Crippen molar-refractivity contribution in [2.45, 2.75) is 25.4 Å². The van der Waals surface area contributed by atoms with E-state index in [1.807, 2.05) is 30.3 Å². The topological polar surface area (TPSA) is 90.0 Å². The maximum absolute atomic E-state index is 13.1. The van der Waals surface area contributed by atoms with Gasteiger partial charge in [-0.1, -0.05) is 30.3 Å². The molecule has 0 saturated carbocycles. The molecule has 1 aromatic carbocycles. The van der Waals surface area contributed by atoms with E-state index in [0.29, 0.717) is 19.5 Å². The molecule has 0 radical (unpaired) electrons. The van der Waals surface area contributed by atoms with Crippen LogP contribution in [0.15, 0.2) is 30.3 Å². The Hall–Kier alpha value is -2.13. The molecule has 154 valence electrons. The van der Waals surface area contributed by atoms with Crippen molar-refractivity contribution in [2.75, 3.05) is 40.0 Å². The number of hydrogen-bond donors (Lipinski definition) is 1. The zero-order chi connectivity index (χ0) is 20.5. The Bertz CT molecular complexity index is 843. The zero-order valence-electron chi connectivity index (χ0n) is 16.6. The number of piperidine rings is 1. The molecule has 2 saturated heterocycles. The number of carbonyl (C=O) groups excluding carboxylic acids is 2. The van der Waals surface area contributed by atoms with Gasteiger partial charge in [0, 0.05) is 46.8 Å². The van der Waals surface area contributed by atoms with Crippen molar-refractivity contribution in [3.8, 4) is 0 Å². The van der Waals surface area contributed by atoms with E-state index in [1.54, 1.807) is 26.0 Å². The number of nitrogens with zero attached hydrogens (tertiary/aromatic N) is 3. The highest BCUT2D eigenvalue weighted by Crippen LogP contribution is 2.43. The smallest absolute Gasteiger partial charge is 0.317 e. The molecule has 8 nitrogen and oxygen atoms in total. The number of sulfonamides is 1. The molecule has 2 fully saturated rings. The molecule has 1 aromatic rings. The number of likely N-dealkylation sites (tertiary alicyclic amines) is 1. The maximum atomic E-state index is 13.1. The molecule has 28 heavy (non-hydrogen) atoms. The molecule has 3 rings (SSSR count). The van der Waals surface area contributed by atoms with Crippen LogP contribution in [0.2, 0.25) is 0 Å². The molecule has 0 aromatic heterocycles. The van der Waals surface area contributed by atoms with Gasteiger partial charge in [0.1, 0.15) is 0 Å². The predicted octanol–water partition coefficient (Wildman–Crippen LogP) is 0.710. The fourth-order valence-corrected chi connectivity index (χ4v) is 5.93. The number of nitrogens with one attached hydrogen (secondary N) is 1. The first-order chi connectivity index (χ1) is 13.2.